The number of H-pyrrole nitrogens is 1. The van der Waals surface area contributed by atoms with E-state index < -0.39 is 5.91 Å². The van der Waals surface area contributed by atoms with E-state index in [9.17, 15) is 4.79 Å². The van der Waals surface area contributed by atoms with Gasteiger partial charge < -0.3 is 15.9 Å². The molecule has 0 aliphatic carbocycles. The molecule has 0 saturated heterocycles. The molecule has 4 N–H and O–H groups in total. The number of amides is 1. The fourth-order valence-corrected chi connectivity index (χ4v) is 2.88. The Morgan fingerprint density at radius 2 is 2.15 bits per heavy atom. The third-order valence-corrected chi connectivity index (χ3v) is 3.86. The quantitative estimate of drug-likeness (QED) is 0.382. The van der Waals surface area contributed by atoms with Gasteiger partial charge in [-0.3, -0.25) is 4.79 Å². The summed E-state index contributed by atoms with van der Waals surface area (Å²) in [6.45, 7) is 0. The minimum absolute atomic E-state index is 0.441. The third-order valence-electron chi connectivity index (χ3n) is 3.20. The van der Waals surface area contributed by atoms with Gasteiger partial charge in [0.1, 0.15) is 0 Å². The maximum absolute atomic E-state index is 11.5. The average Bonchev–Trinajstić information content (AvgIpc) is 2.78. The summed E-state index contributed by atoms with van der Waals surface area (Å²) in [7, 11) is 0. The Morgan fingerprint density at radius 3 is 2.85 bits per heavy atom. The summed E-state index contributed by atoms with van der Waals surface area (Å²) in [6, 6.07) is 9.06. The minimum atomic E-state index is -0.480. The Morgan fingerprint density at radius 1 is 1.35 bits per heavy atom. The van der Waals surface area contributed by atoms with Crippen LogP contribution < -0.4 is 5.73 Å². The molecule has 0 saturated carbocycles. The normalized spacial score (nSPS) is 11.7. The standard InChI is InChI=1S/C14H10BrN3O2/c15-10-4-3-9(14(16)19)13-12(10)8-2-1-7(6-17-20)5-11(8)18-13/h1-6,18,20H,(H2,16,19)/b17-6+. The van der Waals surface area contributed by atoms with Crippen LogP contribution in [0.25, 0.3) is 21.8 Å². The Bertz CT molecular complexity index is 868. The molecule has 2 aromatic carbocycles. The van der Waals surface area contributed by atoms with Gasteiger partial charge in [-0.1, -0.05) is 33.2 Å². The molecule has 0 atom stereocenters. The number of carbonyl (C=O) groups excluding carboxylic acids is 1. The van der Waals surface area contributed by atoms with Crippen molar-refractivity contribution in [2.45, 2.75) is 0 Å². The van der Waals surface area contributed by atoms with Gasteiger partial charge in [0.2, 0.25) is 0 Å². The van der Waals surface area contributed by atoms with Crippen molar-refractivity contribution in [3.05, 3.63) is 45.9 Å². The maximum Gasteiger partial charge on any atom is 0.250 e. The second-order valence-corrected chi connectivity index (χ2v) is 5.24. The van der Waals surface area contributed by atoms with Crippen molar-refractivity contribution in [3.63, 3.8) is 0 Å². The van der Waals surface area contributed by atoms with Crippen molar-refractivity contribution in [2.24, 2.45) is 10.9 Å². The average molecular weight is 332 g/mol. The lowest BCUT2D eigenvalue weighted by atomic mass is 10.1. The highest BCUT2D eigenvalue weighted by Crippen LogP contribution is 2.33. The number of primary amides is 1. The number of aromatic amines is 1. The summed E-state index contributed by atoms with van der Waals surface area (Å²) < 4.78 is 0.882. The van der Waals surface area contributed by atoms with E-state index >= 15 is 0 Å². The van der Waals surface area contributed by atoms with Gasteiger partial charge in [0.25, 0.3) is 5.91 Å². The number of benzene rings is 2. The molecule has 0 spiro atoms. The molecule has 0 unspecified atom stereocenters. The minimum Gasteiger partial charge on any atom is -0.411 e. The summed E-state index contributed by atoms with van der Waals surface area (Å²) >= 11 is 3.49. The lowest BCUT2D eigenvalue weighted by molar-refractivity contribution is 0.100. The van der Waals surface area contributed by atoms with Crippen LogP contribution in [0.1, 0.15) is 15.9 Å². The summed E-state index contributed by atoms with van der Waals surface area (Å²) in [5.74, 6) is -0.480. The molecule has 0 bridgehead atoms. The van der Waals surface area contributed by atoms with Crippen LogP contribution in [0.3, 0.4) is 0 Å². The number of halogens is 1. The molecule has 6 heteroatoms. The maximum atomic E-state index is 11.5. The molecule has 3 rings (SSSR count). The van der Waals surface area contributed by atoms with E-state index in [0.29, 0.717) is 11.1 Å². The first-order valence-electron chi connectivity index (χ1n) is 5.83. The van der Waals surface area contributed by atoms with Crippen molar-refractivity contribution in [1.29, 1.82) is 0 Å². The second kappa shape index (κ2) is 4.64. The predicted molar refractivity (Wildman–Crippen MR) is 81.4 cm³/mol. The number of carbonyl (C=O) groups is 1. The fourth-order valence-electron chi connectivity index (χ4n) is 2.34. The van der Waals surface area contributed by atoms with Gasteiger partial charge in [0.05, 0.1) is 17.3 Å². The largest absolute Gasteiger partial charge is 0.411 e. The van der Waals surface area contributed by atoms with Crippen molar-refractivity contribution >= 4 is 49.9 Å². The van der Waals surface area contributed by atoms with Gasteiger partial charge >= 0.3 is 0 Å². The number of nitrogens with zero attached hydrogens (tertiary/aromatic N) is 1. The number of nitrogens with two attached hydrogens (primary N) is 1. The van der Waals surface area contributed by atoms with Gasteiger partial charge in [-0.2, -0.15) is 0 Å². The molecular weight excluding hydrogens is 322 g/mol. The zero-order valence-electron chi connectivity index (χ0n) is 10.2. The first kappa shape index (κ1) is 12.7. The van der Waals surface area contributed by atoms with Gasteiger partial charge in [-0.15, -0.1) is 0 Å². The number of hydrogen-bond acceptors (Lipinski definition) is 3. The predicted octanol–water partition coefficient (Wildman–Crippen LogP) is 2.99. The lowest BCUT2D eigenvalue weighted by Gasteiger charge is -2.00. The number of hydrogen-bond donors (Lipinski definition) is 3. The van der Waals surface area contributed by atoms with Crippen LogP contribution in [-0.2, 0) is 0 Å². The van der Waals surface area contributed by atoms with E-state index in [1.165, 1.54) is 6.21 Å². The summed E-state index contributed by atoms with van der Waals surface area (Å²) in [5, 5.41) is 13.5. The highest BCUT2D eigenvalue weighted by Gasteiger charge is 2.14. The molecule has 0 fully saturated rings. The van der Waals surface area contributed by atoms with E-state index in [1.807, 2.05) is 18.2 Å². The molecular formula is C14H10BrN3O2. The summed E-state index contributed by atoms with van der Waals surface area (Å²) in [5.41, 5.74) is 8.13. The molecule has 3 aromatic rings. The Labute approximate surface area is 122 Å². The van der Waals surface area contributed by atoms with Crippen LogP contribution in [0.4, 0.5) is 0 Å². The molecule has 1 aromatic heterocycles. The summed E-state index contributed by atoms with van der Waals surface area (Å²) in [4.78, 5) is 14.7. The highest BCUT2D eigenvalue weighted by molar-refractivity contribution is 9.10. The van der Waals surface area contributed by atoms with E-state index in [2.05, 4.69) is 26.1 Å². The molecule has 100 valence electrons. The monoisotopic (exact) mass is 331 g/mol. The van der Waals surface area contributed by atoms with Crippen LogP contribution in [0.15, 0.2) is 40.0 Å². The number of oxime groups is 1. The fraction of sp³-hybridized carbons (Fsp3) is 0. The molecule has 0 aliphatic rings. The van der Waals surface area contributed by atoms with Crippen molar-refractivity contribution in [1.82, 2.24) is 4.98 Å². The number of aromatic nitrogens is 1. The van der Waals surface area contributed by atoms with Gasteiger partial charge in [0.15, 0.2) is 0 Å². The van der Waals surface area contributed by atoms with E-state index in [0.717, 1.165) is 26.3 Å². The summed E-state index contributed by atoms with van der Waals surface area (Å²) in [6.07, 6.45) is 1.34. The topological polar surface area (TPSA) is 91.5 Å². The van der Waals surface area contributed by atoms with Crippen molar-refractivity contribution in [2.75, 3.05) is 0 Å². The first-order valence-corrected chi connectivity index (χ1v) is 6.62. The van der Waals surface area contributed by atoms with Crippen molar-refractivity contribution < 1.29 is 10.0 Å². The van der Waals surface area contributed by atoms with Gasteiger partial charge in [-0.05, 0) is 23.8 Å². The molecule has 0 aliphatic heterocycles. The lowest BCUT2D eigenvalue weighted by Crippen LogP contribution is -2.11. The molecule has 0 radical (unpaired) electrons. The van der Waals surface area contributed by atoms with E-state index in [1.54, 1.807) is 12.1 Å². The smallest absolute Gasteiger partial charge is 0.250 e. The van der Waals surface area contributed by atoms with Crippen LogP contribution in [0.2, 0.25) is 0 Å². The Hall–Kier alpha value is -2.34. The first-order chi connectivity index (χ1) is 9.61. The van der Waals surface area contributed by atoms with Crippen LogP contribution >= 0.6 is 15.9 Å². The zero-order valence-corrected chi connectivity index (χ0v) is 11.8. The van der Waals surface area contributed by atoms with Gasteiger partial charge in [0, 0.05) is 20.8 Å². The Kier molecular flexibility index (Phi) is 2.94. The second-order valence-electron chi connectivity index (χ2n) is 4.38. The SMILES string of the molecule is NC(=O)c1ccc(Br)c2c1[nH]c1cc(/C=N/O)ccc12. The van der Waals surface area contributed by atoms with Gasteiger partial charge in [-0.25, -0.2) is 0 Å². The van der Waals surface area contributed by atoms with Crippen LogP contribution in [0, 0.1) is 0 Å². The molecule has 1 amide bonds. The van der Waals surface area contributed by atoms with Crippen LogP contribution in [0.5, 0.6) is 0 Å². The Balaban J connectivity index is 2.43. The molecule has 20 heavy (non-hydrogen) atoms. The third kappa shape index (κ3) is 1.85. The number of fused-ring (bicyclic) bond motifs is 3. The highest BCUT2D eigenvalue weighted by atomic mass is 79.9. The van der Waals surface area contributed by atoms with E-state index in [4.69, 9.17) is 10.9 Å². The number of nitrogens with one attached hydrogen (secondary N) is 1. The van der Waals surface area contributed by atoms with Crippen molar-refractivity contribution in [3.8, 4) is 0 Å². The number of rotatable bonds is 2. The zero-order chi connectivity index (χ0) is 14.3. The van der Waals surface area contributed by atoms with Crippen LogP contribution in [-0.4, -0.2) is 22.3 Å². The van der Waals surface area contributed by atoms with E-state index in [-0.39, 0.29) is 0 Å². The molecule has 1 heterocycles. The molecule has 5 nitrogen and oxygen atoms in total.